The summed E-state index contributed by atoms with van der Waals surface area (Å²) < 4.78 is 10.5. The molecule has 1 aliphatic heterocycles. The lowest BCUT2D eigenvalue weighted by atomic mass is 9.22. The smallest absolute Gasteiger partial charge is 0.307 e. The average molecular weight is 257 g/mol. The molecule has 1 aromatic carbocycles. The van der Waals surface area contributed by atoms with Crippen LogP contribution in [0.5, 0.6) is 0 Å². The number of carbonyl (C=O) groups excluding carboxylic acids is 1. The van der Waals surface area contributed by atoms with Gasteiger partial charge in [0.1, 0.15) is 0 Å². The van der Waals surface area contributed by atoms with Gasteiger partial charge in [-0.15, -0.1) is 0 Å². The number of ether oxygens (including phenoxy) is 2. The van der Waals surface area contributed by atoms with Gasteiger partial charge in [-0.05, 0) is 12.0 Å². The van der Waals surface area contributed by atoms with Crippen molar-refractivity contribution in [3.63, 3.8) is 0 Å². The number of hydrogen-bond donors (Lipinski definition) is 0. The van der Waals surface area contributed by atoms with Gasteiger partial charge in [-0.25, -0.2) is 5.26 Å². The van der Waals surface area contributed by atoms with E-state index in [4.69, 9.17) is 14.7 Å². The summed E-state index contributed by atoms with van der Waals surface area (Å²) in [5, 5.41) is 8.30. The molecule has 1 fully saturated rings. The highest BCUT2D eigenvalue weighted by molar-refractivity contribution is 6.76. The molecule has 0 aliphatic carbocycles. The molecule has 1 atom stereocenters. The van der Waals surface area contributed by atoms with Crippen LogP contribution < -0.4 is 0 Å². The molecule has 5 heteroatoms. The van der Waals surface area contributed by atoms with E-state index in [9.17, 15) is 4.79 Å². The Morgan fingerprint density at radius 1 is 1.47 bits per heavy atom. The van der Waals surface area contributed by atoms with Crippen LogP contribution >= 0.6 is 0 Å². The maximum Gasteiger partial charge on any atom is 0.307 e. The molecule has 4 nitrogen and oxygen atoms in total. The lowest BCUT2D eigenvalue weighted by molar-refractivity contribution is -0.147. The van der Waals surface area contributed by atoms with Crippen molar-refractivity contribution in [1.82, 2.24) is 0 Å². The molecule has 0 saturated carbocycles. The lowest BCUT2D eigenvalue weighted by Crippen LogP contribution is -2.50. The second kappa shape index (κ2) is 5.90. The van der Waals surface area contributed by atoms with E-state index in [0.29, 0.717) is 13.0 Å². The molecule has 1 saturated heterocycles. The van der Waals surface area contributed by atoms with Crippen LogP contribution in [0.2, 0.25) is 11.6 Å². The van der Waals surface area contributed by atoms with Gasteiger partial charge in [-0.1, -0.05) is 36.7 Å². The van der Waals surface area contributed by atoms with Gasteiger partial charge in [-0.3, -0.25) is 4.79 Å². The maximum atomic E-state index is 11.9. The van der Waals surface area contributed by atoms with E-state index in [0.717, 1.165) is 11.9 Å². The zero-order valence-corrected chi connectivity index (χ0v) is 11.0. The van der Waals surface area contributed by atoms with E-state index in [1.165, 1.54) is 7.11 Å². The number of nitrogens with zero attached hydrogens (tertiary/aromatic N) is 1. The standard InChI is InChI=1S/C14H16BNO3/c1-18-13(17)14(7-8-15(14)11-16)10-19-9-12-5-3-2-4-6-12/h2-6H,7-10H2,1H3. The number of rotatable bonds is 5. The van der Waals surface area contributed by atoms with Crippen molar-refractivity contribution in [3.05, 3.63) is 35.9 Å². The van der Waals surface area contributed by atoms with E-state index < -0.39 is 5.31 Å². The summed E-state index contributed by atoms with van der Waals surface area (Å²) in [5.74, 6) is 1.84. The molecule has 0 bridgehead atoms. The Labute approximate surface area is 113 Å². The van der Waals surface area contributed by atoms with E-state index >= 15 is 0 Å². The zero-order valence-electron chi connectivity index (χ0n) is 11.0. The van der Waals surface area contributed by atoms with Gasteiger partial charge in [0.05, 0.1) is 25.6 Å². The normalized spacial score (nSPS) is 21.4. The summed E-state index contributed by atoms with van der Waals surface area (Å²) in [6.45, 7) is 0.389. The molecule has 98 valence electrons. The van der Waals surface area contributed by atoms with Crippen molar-refractivity contribution in [1.29, 1.82) is 5.26 Å². The van der Waals surface area contributed by atoms with Gasteiger partial charge >= 0.3 is 5.97 Å². The molecule has 1 heterocycles. The van der Waals surface area contributed by atoms with Crippen LogP contribution in [-0.4, -0.2) is 26.4 Å². The Bertz CT molecular complexity index is 485. The quantitative estimate of drug-likeness (QED) is 0.598. The van der Waals surface area contributed by atoms with Gasteiger partial charge < -0.3 is 9.47 Å². The molecule has 0 spiro atoms. The van der Waals surface area contributed by atoms with E-state index in [1.54, 1.807) is 0 Å². The predicted molar refractivity (Wildman–Crippen MR) is 71.6 cm³/mol. The number of methoxy groups -OCH3 is 1. The molecule has 1 unspecified atom stereocenters. The SMILES string of the molecule is COC(=O)C1(COCc2ccccc2)CCB1C#N. The van der Waals surface area contributed by atoms with Crippen LogP contribution in [0.1, 0.15) is 12.0 Å². The largest absolute Gasteiger partial charge is 0.469 e. The first-order chi connectivity index (χ1) is 9.23. The van der Waals surface area contributed by atoms with Crippen LogP contribution in [0.3, 0.4) is 0 Å². The molecule has 0 radical (unpaired) electrons. The summed E-state index contributed by atoms with van der Waals surface area (Å²) in [6, 6.07) is 9.75. The number of esters is 1. The number of nitriles is 1. The van der Waals surface area contributed by atoms with Crippen molar-refractivity contribution in [2.45, 2.75) is 24.7 Å². The highest BCUT2D eigenvalue weighted by Crippen LogP contribution is 2.49. The van der Waals surface area contributed by atoms with E-state index in [1.807, 2.05) is 30.3 Å². The molecule has 1 aromatic rings. The van der Waals surface area contributed by atoms with Crippen LogP contribution in [0.4, 0.5) is 0 Å². The maximum absolute atomic E-state index is 11.9. The second-order valence-electron chi connectivity index (χ2n) is 4.85. The fourth-order valence-electron chi connectivity index (χ4n) is 2.43. The van der Waals surface area contributed by atoms with Crippen molar-refractivity contribution >= 4 is 12.7 Å². The molecule has 0 aromatic heterocycles. The minimum absolute atomic E-state index is 0.243. The van der Waals surface area contributed by atoms with Gasteiger partial charge in [0.2, 0.25) is 0 Å². The summed E-state index contributed by atoms with van der Waals surface area (Å²) >= 11 is 0. The van der Waals surface area contributed by atoms with Crippen molar-refractivity contribution < 1.29 is 14.3 Å². The Morgan fingerprint density at radius 2 is 2.21 bits per heavy atom. The summed E-state index contributed by atoms with van der Waals surface area (Å²) in [6.07, 6.45) is 1.40. The Balaban J connectivity index is 1.95. The van der Waals surface area contributed by atoms with E-state index in [-0.39, 0.29) is 19.3 Å². The van der Waals surface area contributed by atoms with Crippen molar-refractivity contribution in [2.24, 2.45) is 0 Å². The third-order valence-corrected chi connectivity index (χ3v) is 3.77. The van der Waals surface area contributed by atoms with Gasteiger partial charge in [0, 0.05) is 5.97 Å². The fourth-order valence-corrected chi connectivity index (χ4v) is 2.43. The number of hydrogen-bond acceptors (Lipinski definition) is 4. The average Bonchev–Trinajstić information content (AvgIpc) is 2.43. The lowest BCUT2D eigenvalue weighted by Gasteiger charge is -2.40. The Kier molecular flexibility index (Phi) is 4.23. The predicted octanol–water partition coefficient (Wildman–Crippen LogP) is 2.08. The van der Waals surface area contributed by atoms with Crippen LogP contribution in [0.15, 0.2) is 30.3 Å². The summed E-state index contributed by atoms with van der Waals surface area (Å²) in [5.41, 5.74) is 1.05. The molecular weight excluding hydrogens is 241 g/mol. The second-order valence-corrected chi connectivity index (χ2v) is 4.85. The van der Waals surface area contributed by atoms with Gasteiger partial charge in [0.25, 0.3) is 6.71 Å². The molecule has 0 amide bonds. The minimum atomic E-state index is -0.766. The third-order valence-electron chi connectivity index (χ3n) is 3.77. The summed E-state index contributed by atoms with van der Waals surface area (Å²) in [7, 11) is 1.36. The van der Waals surface area contributed by atoms with Gasteiger partial charge in [-0.2, -0.15) is 0 Å². The third kappa shape index (κ3) is 2.64. The number of carbonyl (C=O) groups is 1. The molecular formula is C14H16BNO3. The monoisotopic (exact) mass is 257 g/mol. The molecule has 0 N–H and O–H groups in total. The van der Waals surface area contributed by atoms with Crippen LogP contribution in [0.25, 0.3) is 0 Å². The van der Waals surface area contributed by atoms with Crippen molar-refractivity contribution in [3.8, 4) is 5.97 Å². The summed E-state index contributed by atoms with van der Waals surface area (Å²) in [4.78, 5) is 11.9. The first-order valence-corrected chi connectivity index (χ1v) is 6.32. The van der Waals surface area contributed by atoms with Crippen LogP contribution in [0, 0.1) is 11.2 Å². The first-order valence-electron chi connectivity index (χ1n) is 6.32. The fraction of sp³-hybridized carbons (Fsp3) is 0.429. The number of benzene rings is 1. The zero-order chi connectivity index (χ0) is 13.7. The molecule has 2 rings (SSSR count). The highest BCUT2D eigenvalue weighted by Gasteiger charge is 2.57. The first kappa shape index (κ1) is 13.6. The van der Waals surface area contributed by atoms with Crippen LogP contribution in [-0.2, 0) is 20.9 Å². The molecule has 1 aliphatic rings. The topological polar surface area (TPSA) is 59.3 Å². The Morgan fingerprint density at radius 3 is 2.74 bits per heavy atom. The minimum Gasteiger partial charge on any atom is -0.469 e. The van der Waals surface area contributed by atoms with Gasteiger partial charge in [0.15, 0.2) is 0 Å². The molecule has 19 heavy (non-hydrogen) atoms. The van der Waals surface area contributed by atoms with E-state index in [2.05, 4.69) is 5.97 Å². The van der Waals surface area contributed by atoms with Crippen molar-refractivity contribution in [2.75, 3.05) is 13.7 Å². The highest BCUT2D eigenvalue weighted by atomic mass is 16.5. The Hall–Kier alpha value is -1.80.